The van der Waals surface area contributed by atoms with Crippen molar-refractivity contribution >= 4 is 29.5 Å². The number of benzene rings is 1. The van der Waals surface area contributed by atoms with E-state index in [1.807, 2.05) is 52.2 Å². The first-order chi connectivity index (χ1) is 13.6. The highest BCUT2D eigenvalue weighted by Gasteiger charge is 2.58. The largest absolute Gasteiger partial charge is 0.481 e. The molecule has 7 nitrogen and oxygen atoms in total. The van der Waals surface area contributed by atoms with Crippen LogP contribution in [-0.2, 0) is 16.6 Å². The zero-order valence-corrected chi connectivity index (χ0v) is 17.6. The first-order valence-corrected chi connectivity index (χ1v) is 9.74. The van der Waals surface area contributed by atoms with Crippen molar-refractivity contribution in [1.29, 1.82) is 0 Å². The smallest absolute Gasteiger partial charge is 0.309 e. The van der Waals surface area contributed by atoms with Crippen LogP contribution in [0.3, 0.4) is 0 Å². The number of carboxylic acids is 1. The van der Waals surface area contributed by atoms with Crippen LogP contribution in [0.2, 0.25) is 0 Å². The number of aliphatic imine (C=N–C) groups is 1. The van der Waals surface area contributed by atoms with Gasteiger partial charge in [0.25, 0.3) is 0 Å². The Morgan fingerprint density at radius 3 is 2.59 bits per heavy atom. The third-order valence-electron chi connectivity index (χ3n) is 6.57. The maximum atomic E-state index is 13.1. The third kappa shape index (κ3) is 3.69. The highest BCUT2D eigenvalue weighted by molar-refractivity contribution is 5.97. The lowest BCUT2D eigenvalue weighted by Crippen LogP contribution is -2.43. The number of aromatic nitrogens is 2. The molecule has 2 atom stereocenters. The Kier molecular flexibility index (Phi) is 5.34. The number of hydrogen-bond acceptors (Lipinski definition) is 4. The first kappa shape index (κ1) is 20.8. The number of rotatable bonds is 5. The fraction of sp³-hybridized carbons (Fsp3) is 0.455. The molecular formula is C22H28N4O3. The third-order valence-corrected chi connectivity index (χ3v) is 6.57. The van der Waals surface area contributed by atoms with Gasteiger partial charge in [-0.25, -0.2) is 0 Å². The molecule has 1 fully saturated rings. The molecule has 0 spiro atoms. The summed E-state index contributed by atoms with van der Waals surface area (Å²) in [5.41, 5.74) is 1.44. The van der Waals surface area contributed by atoms with Gasteiger partial charge >= 0.3 is 5.97 Å². The number of carbonyl (C=O) groups is 2. The Morgan fingerprint density at radius 1 is 1.31 bits per heavy atom. The van der Waals surface area contributed by atoms with E-state index in [1.165, 1.54) is 0 Å². The molecule has 7 heteroatoms. The van der Waals surface area contributed by atoms with Gasteiger partial charge in [-0.1, -0.05) is 26.0 Å². The van der Waals surface area contributed by atoms with Crippen LogP contribution in [0, 0.1) is 23.7 Å². The molecule has 0 aliphatic heterocycles. The van der Waals surface area contributed by atoms with Crippen LogP contribution in [0.5, 0.6) is 0 Å². The fourth-order valence-electron chi connectivity index (χ4n) is 4.14. The Hall–Kier alpha value is -2.96. The maximum absolute atomic E-state index is 13.1. The predicted molar refractivity (Wildman–Crippen MR) is 113 cm³/mol. The van der Waals surface area contributed by atoms with Crippen molar-refractivity contribution in [3.63, 3.8) is 0 Å². The van der Waals surface area contributed by atoms with E-state index in [0.717, 1.165) is 11.3 Å². The molecule has 0 bridgehead atoms. The lowest BCUT2D eigenvalue weighted by molar-refractivity contribution is -0.154. The summed E-state index contributed by atoms with van der Waals surface area (Å²) in [5.74, 6) is -1.41. The van der Waals surface area contributed by atoms with Crippen LogP contribution in [0.4, 0.5) is 11.4 Å². The lowest BCUT2D eigenvalue weighted by Gasteiger charge is -2.37. The zero-order valence-electron chi connectivity index (χ0n) is 17.6. The van der Waals surface area contributed by atoms with Gasteiger partial charge in [-0.3, -0.25) is 19.3 Å². The second-order valence-corrected chi connectivity index (χ2v) is 8.56. The molecule has 1 heterocycles. The van der Waals surface area contributed by atoms with Gasteiger partial charge in [0, 0.05) is 30.9 Å². The van der Waals surface area contributed by atoms with E-state index in [9.17, 15) is 14.7 Å². The highest BCUT2D eigenvalue weighted by atomic mass is 16.4. The Morgan fingerprint density at radius 2 is 2.00 bits per heavy atom. The number of nitrogens with one attached hydrogen (secondary N) is 1. The van der Waals surface area contributed by atoms with Crippen molar-refractivity contribution in [3.8, 4) is 0 Å². The van der Waals surface area contributed by atoms with Crippen LogP contribution in [-0.4, -0.2) is 33.0 Å². The number of amides is 1. The molecule has 1 aromatic heterocycles. The lowest BCUT2D eigenvalue weighted by atomic mass is 9.65. The van der Waals surface area contributed by atoms with Crippen molar-refractivity contribution in [1.82, 2.24) is 9.78 Å². The average Bonchev–Trinajstić information content (AvgIpc) is 3.09. The molecule has 0 saturated heterocycles. The van der Waals surface area contributed by atoms with Crippen LogP contribution < -0.4 is 5.32 Å². The molecule has 1 saturated carbocycles. The molecule has 0 radical (unpaired) electrons. The van der Waals surface area contributed by atoms with Gasteiger partial charge in [0.1, 0.15) is 0 Å². The summed E-state index contributed by atoms with van der Waals surface area (Å²) in [6, 6.07) is 7.34. The van der Waals surface area contributed by atoms with Crippen LogP contribution >= 0.6 is 0 Å². The Balaban J connectivity index is 1.82. The first-order valence-electron chi connectivity index (χ1n) is 9.74. The molecule has 2 N–H and O–H groups in total. The summed E-state index contributed by atoms with van der Waals surface area (Å²) in [6.45, 7) is 7.38. The van der Waals surface area contributed by atoms with E-state index in [0.29, 0.717) is 24.2 Å². The highest BCUT2D eigenvalue weighted by Crippen LogP contribution is 2.56. The second-order valence-electron chi connectivity index (χ2n) is 8.56. The molecule has 3 rings (SSSR count). The summed E-state index contributed by atoms with van der Waals surface area (Å²) in [6.07, 6.45) is 4.64. The van der Waals surface area contributed by atoms with Crippen LogP contribution in [0.1, 0.15) is 44.9 Å². The maximum Gasteiger partial charge on any atom is 0.309 e. The van der Waals surface area contributed by atoms with E-state index < -0.39 is 16.8 Å². The van der Waals surface area contributed by atoms with Crippen LogP contribution in [0.15, 0.2) is 35.5 Å². The number of para-hydroxylation sites is 2. The number of nitrogens with zero attached hydrogens (tertiary/aromatic N) is 3. The molecular weight excluding hydrogens is 368 g/mol. The van der Waals surface area contributed by atoms with Gasteiger partial charge in [-0.05, 0) is 44.2 Å². The minimum absolute atomic E-state index is 0.166. The number of aryl methyl sites for hydroxylation is 2. The molecule has 1 aromatic carbocycles. The predicted octanol–water partition coefficient (Wildman–Crippen LogP) is 3.94. The van der Waals surface area contributed by atoms with Gasteiger partial charge in [-0.2, -0.15) is 5.10 Å². The van der Waals surface area contributed by atoms with Crippen LogP contribution in [0.25, 0.3) is 0 Å². The SMILES string of the molecule is Cc1nn(C)cc1C=Nc1ccccc1NC(=O)C1CCC(C)(C(=O)O)C1(C)C. The van der Waals surface area contributed by atoms with E-state index in [1.54, 1.807) is 23.9 Å². The Labute approximate surface area is 170 Å². The second kappa shape index (κ2) is 7.46. The van der Waals surface area contributed by atoms with Crippen molar-refractivity contribution in [2.24, 2.45) is 28.8 Å². The minimum Gasteiger partial charge on any atom is -0.481 e. The molecule has 2 unspecified atom stereocenters. The number of anilines is 1. The van der Waals surface area contributed by atoms with E-state index in [4.69, 9.17) is 0 Å². The summed E-state index contributed by atoms with van der Waals surface area (Å²) in [7, 11) is 1.85. The van der Waals surface area contributed by atoms with Gasteiger partial charge in [-0.15, -0.1) is 0 Å². The van der Waals surface area contributed by atoms with Gasteiger partial charge in [0.05, 0.1) is 22.5 Å². The van der Waals surface area contributed by atoms with Crippen molar-refractivity contribution in [2.75, 3.05) is 5.32 Å². The van der Waals surface area contributed by atoms with Gasteiger partial charge < -0.3 is 10.4 Å². The zero-order chi connectivity index (χ0) is 21.4. The minimum atomic E-state index is -0.926. The molecule has 29 heavy (non-hydrogen) atoms. The van der Waals surface area contributed by atoms with Crippen molar-refractivity contribution in [2.45, 2.75) is 40.5 Å². The van der Waals surface area contributed by atoms with E-state index in [2.05, 4.69) is 15.4 Å². The summed E-state index contributed by atoms with van der Waals surface area (Å²) in [4.78, 5) is 29.4. The molecule has 154 valence electrons. The number of aliphatic carboxylic acids is 1. The molecule has 1 aliphatic carbocycles. The molecule has 1 amide bonds. The van der Waals surface area contributed by atoms with Gasteiger partial charge in [0.15, 0.2) is 0 Å². The summed E-state index contributed by atoms with van der Waals surface area (Å²) < 4.78 is 1.73. The van der Waals surface area contributed by atoms with E-state index >= 15 is 0 Å². The molecule has 2 aromatic rings. The van der Waals surface area contributed by atoms with Gasteiger partial charge in [0.2, 0.25) is 5.91 Å². The van der Waals surface area contributed by atoms with Crippen molar-refractivity contribution < 1.29 is 14.7 Å². The standard InChI is InChI=1S/C22H28N4O3/c1-14-15(13-26(5)25-14)12-23-17-8-6-7-9-18(17)24-19(27)16-10-11-22(4,20(28)29)21(16,2)3/h6-9,12-13,16H,10-11H2,1-5H3,(H,24,27)(H,28,29). The average molecular weight is 396 g/mol. The molecule has 1 aliphatic rings. The summed E-state index contributed by atoms with van der Waals surface area (Å²) >= 11 is 0. The number of hydrogen-bond donors (Lipinski definition) is 2. The Bertz CT molecular complexity index is 976. The number of carbonyl (C=O) groups excluding carboxylic acids is 1. The topological polar surface area (TPSA) is 96.6 Å². The van der Waals surface area contributed by atoms with E-state index in [-0.39, 0.29) is 11.8 Å². The quantitative estimate of drug-likeness (QED) is 0.748. The summed E-state index contributed by atoms with van der Waals surface area (Å²) in [5, 5.41) is 17.0. The normalized spacial score (nSPS) is 23.4. The number of carboxylic acid groups (broad SMARTS) is 1. The monoisotopic (exact) mass is 396 g/mol. The fourth-order valence-corrected chi connectivity index (χ4v) is 4.14. The van der Waals surface area contributed by atoms with Crippen molar-refractivity contribution in [3.05, 3.63) is 41.7 Å².